The number of hydrogen-bond donors (Lipinski definition) is 1. The molecule has 0 fully saturated rings. The summed E-state index contributed by atoms with van der Waals surface area (Å²) in [6.45, 7) is 6.51. The summed E-state index contributed by atoms with van der Waals surface area (Å²) in [7, 11) is 0. The first kappa shape index (κ1) is 12.4. The van der Waals surface area contributed by atoms with E-state index in [1.165, 1.54) is 33.4 Å². The van der Waals surface area contributed by atoms with Gasteiger partial charge in [-0.3, -0.25) is 0 Å². The molecule has 1 nitrogen and oxygen atoms in total. The summed E-state index contributed by atoms with van der Waals surface area (Å²) in [5.74, 6) is 0. The van der Waals surface area contributed by atoms with Gasteiger partial charge in [0.1, 0.15) is 0 Å². The molecule has 19 heavy (non-hydrogen) atoms. The van der Waals surface area contributed by atoms with E-state index in [4.69, 9.17) is 5.73 Å². The molecule has 2 N–H and O–H groups in total. The summed E-state index contributed by atoms with van der Waals surface area (Å²) in [6.07, 6.45) is 2.09. The van der Waals surface area contributed by atoms with E-state index < -0.39 is 0 Å². The van der Waals surface area contributed by atoms with E-state index in [0.29, 0.717) is 0 Å². The van der Waals surface area contributed by atoms with Gasteiger partial charge in [0, 0.05) is 0 Å². The summed E-state index contributed by atoms with van der Waals surface area (Å²) < 4.78 is 0. The quantitative estimate of drug-likeness (QED) is 0.820. The minimum absolute atomic E-state index is 0.306. The van der Waals surface area contributed by atoms with Gasteiger partial charge in [-0.15, -0.1) is 0 Å². The van der Waals surface area contributed by atoms with Gasteiger partial charge < -0.3 is 5.73 Å². The summed E-state index contributed by atoms with van der Waals surface area (Å²) in [5, 5.41) is 0. The molecule has 0 amide bonds. The van der Waals surface area contributed by atoms with Crippen molar-refractivity contribution in [2.75, 3.05) is 0 Å². The van der Waals surface area contributed by atoms with E-state index in [0.717, 1.165) is 12.8 Å². The van der Waals surface area contributed by atoms with E-state index in [2.05, 4.69) is 57.2 Å². The van der Waals surface area contributed by atoms with Crippen molar-refractivity contribution in [3.8, 4) is 0 Å². The average Bonchev–Trinajstić information content (AvgIpc) is 2.73. The highest BCUT2D eigenvalue weighted by atomic mass is 14.8. The number of aryl methyl sites for hydroxylation is 4. The normalized spacial score (nSPS) is 21.5. The molecule has 1 atom stereocenters. The predicted octanol–water partition coefficient (Wildman–Crippen LogP) is 3.76. The lowest BCUT2D eigenvalue weighted by Crippen LogP contribution is -2.36. The molecule has 98 valence electrons. The van der Waals surface area contributed by atoms with E-state index in [-0.39, 0.29) is 5.54 Å². The molecule has 0 radical (unpaired) electrons. The Bertz CT molecular complexity index is 642. The highest BCUT2D eigenvalue weighted by Gasteiger charge is 2.37. The molecular weight excluding hydrogens is 230 g/mol. The largest absolute Gasteiger partial charge is 0.318 e. The molecule has 3 rings (SSSR count). The molecule has 0 bridgehead atoms. The Morgan fingerprint density at radius 2 is 1.58 bits per heavy atom. The van der Waals surface area contributed by atoms with Crippen molar-refractivity contribution in [2.24, 2.45) is 5.73 Å². The van der Waals surface area contributed by atoms with Gasteiger partial charge in [0.05, 0.1) is 5.54 Å². The second-order valence-electron chi connectivity index (χ2n) is 5.88. The van der Waals surface area contributed by atoms with E-state index >= 15 is 0 Å². The lowest BCUT2D eigenvalue weighted by molar-refractivity contribution is 0.531. The van der Waals surface area contributed by atoms with Crippen LogP contribution in [0.3, 0.4) is 0 Å². The maximum atomic E-state index is 6.81. The van der Waals surface area contributed by atoms with Gasteiger partial charge in [-0.05, 0) is 67.0 Å². The molecule has 1 aliphatic carbocycles. The number of hydrogen-bond acceptors (Lipinski definition) is 1. The maximum Gasteiger partial charge on any atom is 0.0674 e. The highest BCUT2D eigenvalue weighted by Crippen LogP contribution is 2.41. The van der Waals surface area contributed by atoms with Crippen molar-refractivity contribution in [1.29, 1.82) is 0 Å². The zero-order chi connectivity index (χ0) is 13.6. The first-order chi connectivity index (χ1) is 9.02. The lowest BCUT2D eigenvalue weighted by atomic mass is 9.81. The minimum Gasteiger partial charge on any atom is -0.318 e. The van der Waals surface area contributed by atoms with Crippen LogP contribution < -0.4 is 5.73 Å². The van der Waals surface area contributed by atoms with Gasteiger partial charge in [0.15, 0.2) is 0 Å². The third-order valence-corrected chi connectivity index (χ3v) is 4.61. The molecule has 1 heteroatoms. The fraction of sp³-hybridized carbons (Fsp3) is 0.333. The fourth-order valence-corrected chi connectivity index (χ4v) is 3.36. The van der Waals surface area contributed by atoms with Crippen LogP contribution in [-0.2, 0) is 12.0 Å². The number of nitrogens with two attached hydrogens (primary N) is 1. The van der Waals surface area contributed by atoms with Crippen molar-refractivity contribution in [2.45, 2.75) is 39.2 Å². The molecular formula is C18H21N. The molecule has 1 aliphatic rings. The zero-order valence-corrected chi connectivity index (χ0v) is 12.0. The van der Waals surface area contributed by atoms with E-state index in [9.17, 15) is 0 Å². The van der Waals surface area contributed by atoms with Crippen molar-refractivity contribution in [3.05, 3.63) is 69.8 Å². The summed E-state index contributed by atoms with van der Waals surface area (Å²) >= 11 is 0. The summed E-state index contributed by atoms with van der Waals surface area (Å²) in [4.78, 5) is 0. The fourth-order valence-electron chi connectivity index (χ4n) is 3.36. The van der Waals surface area contributed by atoms with Crippen molar-refractivity contribution in [1.82, 2.24) is 0 Å². The molecule has 0 spiro atoms. The van der Waals surface area contributed by atoms with Gasteiger partial charge in [0.25, 0.3) is 0 Å². The Morgan fingerprint density at radius 1 is 0.895 bits per heavy atom. The smallest absolute Gasteiger partial charge is 0.0674 e. The first-order valence-corrected chi connectivity index (χ1v) is 6.98. The van der Waals surface area contributed by atoms with E-state index in [1.807, 2.05) is 0 Å². The highest BCUT2D eigenvalue weighted by molar-refractivity contribution is 5.51. The van der Waals surface area contributed by atoms with Gasteiger partial charge in [0.2, 0.25) is 0 Å². The van der Waals surface area contributed by atoms with Crippen LogP contribution in [0.25, 0.3) is 0 Å². The van der Waals surface area contributed by atoms with Gasteiger partial charge >= 0.3 is 0 Å². The Hall–Kier alpha value is -1.60. The molecule has 2 aromatic carbocycles. The lowest BCUT2D eigenvalue weighted by Gasteiger charge is -2.29. The number of fused-ring (bicyclic) bond motifs is 1. The van der Waals surface area contributed by atoms with Crippen LogP contribution in [0.5, 0.6) is 0 Å². The molecule has 0 saturated heterocycles. The maximum absolute atomic E-state index is 6.81. The molecule has 0 saturated carbocycles. The molecule has 0 aromatic heterocycles. The van der Waals surface area contributed by atoms with Crippen LogP contribution in [0.2, 0.25) is 0 Å². The van der Waals surface area contributed by atoms with E-state index in [1.54, 1.807) is 0 Å². The van der Waals surface area contributed by atoms with Crippen LogP contribution in [0.15, 0.2) is 36.4 Å². The SMILES string of the molecule is Cc1cc(C)c(C2(N)CCc3ccccc32)cc1C. The minimum atomic E-state index is -0.306. The monoisotopic (exact) mass is 251 g/mol. The van der Waals surface area contributed by atoms with Crippen molar-refractivity contribution >= 4 is 0 Å². The van der Waals surface area contributed by atoms with Crippen LogP contribution in [0.1, 0.15) is 39.8 Å². The van der Waals surface area contributed by atoms with Crippen LogP contribution >= 0.6 is 0 Å². The van der Waals surface area contributed by atoms with Crippen LogP contribution in [0, 0.1) is 20.8 Å². The number of benzene rings is 2. The first-order valence-electron chi connectivity index (χ1n) is 6.98. The zero-order valence-electron chi connectivity index (χ0n) is 12.0. The summed E-state index contributed by atoms with van der Waals surface area (Å²) in [5.41, 5.74) is 14.5. The van der Waals surface area contributed by atoms with Gasteiger partial charge in [-0.1, -0.05) is 36.4 Å². The van der Waals surface area contributed by atoms with Crippen molar-refractivity contribution < 1.29 is 0 Å². The third-order valence-electron chi connectivity index (χ3n) is 4.61. The molecule has 1 unspecified atom stereocenters. The average molecular weight is 251 g/mol. The number of rotatable bonds is 1. The molecule has 0 aliphatic heterocycles. The van der Waals surface area contributed by atoms with Gasteiger partial charge in [-0.2, -0.15) is 0 Å². The topological polar surface area (TPSA) is 26.0 Å². The van der Waals surface area contributed by atoms with Crippen LogP contribution in [-0.4, -0.2) is 0 Å². The van der Waals surface area contributed by atoms with Crippen molar-refractivity contribution in [3.63, 3.8) is 0 Å². The summed E-state index contributed by atoms with van der Waals surface area (Å²) in [6, 6.07) is 13.2. The van der Waals surface area contributed by atoms with Gasteiger partial charge in [-0.25, -0.2) is 0 Å². The Balaban J connectivity index is 2.20. The Kier molecular flexibility index (Phi) is 2.75. The third kappa shape index (κ3) is 1.81. The predicted molar refractivity (Wildman–Crippen MR) is 80.4 cm³/mol. The standard InChI is InChI=1S/C18H21N/c1-12-10-14(3)17(11-13(12)2)18(19)9-8-15-6-4-5-7-16(15)18/h4-7,10-11H,8-9,19H2,1-3H3. The Labute approximate surface area is 115 Å². The molecule has 0 heterocycles. The molecule has 2 aromatic rings. The van der Waals surface area contributed by atoms with Crippen LogP contribution in [0.4, 0.5) is 0 Å². The second-order valence-corrected chi connectivity index (χ2v) is 5.88. The Morgan fingerprint density at radius 3 is 2.37 bits per heavy atom. The second kappa shape index (κ2) is 4.21.